The van der Waals surface area contributed by atoms with E-state index >= 15 is 0 Å². The molecule has 3 rings (SSSR count). The molecule has 1 aliphatic carbocycles. The van der Waals surface area contributed by atoms with Crippen molar-refractivity contribution < 1.29 is 9.18 Å². The van der Waals surface area contributed by atoms with Crippen molar-refractivity contribution in [3.8, 4) is 11.4 Å². The van der Waals surface area contributed by atoms with Crippen molar-refractivity contribution in [3.05, 3.63) is 47.0 Å². The summed E-state index contributed by atoms with van der Waals surface area (Å²) in [5.74, 6) is 0.667. The Bertz CT molecular complexity index is 806. The first-order chi connectivity index (χ1) is 13.1. The van der Waals surface area contributed by atoms with E-state index in [1.165, 1.54) is 24.2 Å². The molecule has 0 saturated heterocycles. The van der Waals surface area contributed by atoms with Gasteiger partial charge in [0.2, 0.25) is 6.41 Å². The van der Waals surface area contributed by atoms with Crippen LogP contribution < -0.4 is 0 Å². The zero-order valence-corrected chi connectivity index (χ0v) is 15.8. The smallest absolute Gasteiger partial charge is 0.215 e. The SMILES string of the molecule is N=C(CC1CCCCC1)N(C=O)Cc1cc(-c2ncc(F)cn2)ccc1Cl. The summed E-state index contributed by atoms with van der Waals surface area (Å²) in [6.45, 7) is 0.211. The first-order valence-electron chi connectivity index (χ1n) is 9.12. The number of benzene rings is 1. The number of halogens is 2. The van der Waals surface area contributed by atoms with Crippen LogP contribution >= 0.6 is 11.6 Å². The van der Waals surface area contributed by atoms with Gasteiger partial charge in [0.05, 0.1) is 18.9 Å². The summed E-state index contributed by atoms with van der Waals surface area (Å²) in [5.41, 5.74) is 1.38. The molecule has 1 saturated carbocycles. The molecule has 7 heteroatoms. The van der Waals surface area contributed by atoms with Crippen LogP contribution in [0.1, 0.15) is 44.1 Å². The first kappa shape index (κ1) is 19.4. The molecule has 1 heterocycles. The topological polar surface area (TPSA) is 69.9 Å². The molecule has 1 aromatic carbocycles. The Kier molecular flexibility index (Phi) is 6.50. The first-order valence-corrected chi connectivity index (χ1v) is 9.50. The van der Waals surface area contributed by atoms with Gasteiger partial charge in [-0.2, -0.15) is 0 Å². The largest absolute Gasteiger partial charge is 0.299 e. The van der Waals surface area contributed by atoms with E-state index in [4.69, 9.17) is 17.0 Å². The minimum Gasteiger partial charge on any atom is -0.299 e. The second-order valence-corrected chi connectivity index (χ2v) is 7.33. The highest BCUT2D eigenvalue weighted by Gasteiger charge is 2.19. The van der Waals surface area contributed by atoms with Crippen LogP contribution in [-0.4, -0.2) is 27.1 Å². The van der Waals surface area contributed by atoms with Gasteiger partial charge in [0.15, 0.2) is 11.6 Å². The van der Waals surface area contributed by atoms with E-state index in [0.717, 1.165) is 25.2 Å². The van der Waals surface area contributed by atoms with Crippen molar-refractivity contribution in [2.75, 3.05) is 0 Å². The number of rotatable bonds is 6. The average molecular weight is 389 g/mol. The lowest BCUT2D eigenvalue weighted by atomic mass is 9.86. The highest BCUT2D eigenvalue weighted by Crippen LogP contribution is 2.28. The number of nitrogens with zero attached hydrogens (tertiary/aromatic N) is 3. The second kappa shape index (κ2) is 9.04. The Morgan fingerprint density at radius 2 is 1.96 bits per heavy atom. The normalized spacial score (nSPS) is 14.7. The molecule has 1 amide bonds. The van der Waals surface area contributed by atoms with Gasteiger partial charge in [0, 0.05) is 17.0 Å². The number of nitrogens with one attached hydrogen (secondary N) is 1. The Labute approximate surface area is 163 Å². The molecule has 0 radical (unpaired) electrons. The van der Waals surface area contributed by atoms with E-state index in [0.29, 0.717) is 46.6 Å². The maximum Gasteiger partial charge on any atom is 0.215 e. The van der Waals surface area contributed by atoms with Crippen molar-refractivity contribution in [2.24, 2.45) is 5.92 Å². The molecule has 1 aromatic heterocycles. The van der Waals surface area contributed by atoms with Crippen molar-refractivity contribution in [1.82, 2.24) is 14.9 Å². The van der Waals surface area contributed by atoms with Crippen LogP contribution in [0.4, 0.5) is 4.39 Å². The molecule has 5 nitrogen and oxygen atoms in total. The Hall–Kier alpha value is -2.34. The van der Waals surface area contributed by atoms with Crippen molar-refractivity contribution in [2.45, 2.75) is 45.1 Å². The number of carbonyl (C=O) groups is 1. The maximum atomic E-state index is 13.0. The molecule has 0 bridgehead atoms. The summed E-state index contributed by atoms with van der Waals surface area (Å²) < 4.78 is 13.0. The van der Waals surface area contributed by atoms with Crippen LogP contribution in [0.25, 0.3) is 11.4 Å². The fourth-order valence-electron chi connectivity index (χ4n) is 3.46. The number of aromatic nitrogens is 2. The predicted molar refractivity (Wildman–Crippen MR) is 103 cm³/mol. The number of amidine groups is 1. The third-order valence-electron chi connectivity index (χ3n) is 4.95. The van der Waals surface area contributed by atoms with Gasteiger partial charge in [-0.15, -0.1) is 0 Å². The fraction of sp³-hybridized carbons (Fsp3) is 0.400. The van der Waals surface area contributed by atoms with E-state index in [2.05, 4.69) is 9.97 Å². The maximum absolute atomic E-state index is 13.0. The van der Waals surface area contributed by atoms with Crippen molar-refractivity contribution in [3.63, 3.8) is 0 Å². The molecule has 0 unspecified atom stereocenters. The summed E-state index contributed by atoms with van der Waals surface area (Å²) >= 11 is 6.29. The molecular formula is C20H22ClFN4O. The average Bonchev–Trinajstić information content (AvgIpc) is 2.68. The van der Waals surface area contributed by atoms with Crippen LogP contribution in [0, 0.1) is 17.1 Å². The summed E-state index contributed by atoms with van der Waals surface area (Å²) in [5, 5.41) is 8.83. The van der Waals surface area contributed by atoms with Gasteiger partial charge in [0.1, 0.15) is 5.84 Å². The van der Waals surface area contributed by atoms with Crippen LogP contribution in [0.5, 0.6) is 0 Å². The lowest BCUT2D eigenvalue weighted by Gasteiger charge is -2.25. The van der Waals surface area contributed by atoms with Crippen molar-refractivity contribution in [1.29, 1.82) is 5.41 Å². The van der Waals surface area contributed by atoms with E-state index in [1.54, 1.807) is 18.2 Å². The molecule has 142 valence electrons. The minimum atomic E-state index is -0.503. The van der Waals surface area contributed by atoms with E-state index in [1.807, 2.05) is 0 Å². The Morgan fingerprint density at radius 3 is 2.63 bits per heavy atom. The predicted octanol–water partition coefficient (Wildman–Crippen LogP) is 4.84. The summed E-state index contributed by atoms with van der Waals surface area (Å²) in [6.07, 6.45) is 9.40. The lowest BCUT2D eigenvalue weighted by molar-refractivity contribution is -0.115. The summed E-state index contributed by atoms with van der Waals surface area (Å²) in [6, 6.07) is 5.23. The molecule has 2 aromatic rings. The molecule has 27 heavy (non-hydrogen) atoms. The zero-order chi connectivity index (χ0) is 19.2. The molecule has 1 aliphatic rings. The molecule has 0 atom stereocenters. The lowest BCUT2D eigenvalue weighted by Crippen LogP contribution is -2.30. The van der Waals surface area contributed by atoms with Gasteiger partial charge in [0.25, 0.3) is 0 Å². The number of hydrogen-bond acceptors (Lipinski definition) is 4. The van der Waals surface area contributed by atoms with Gasteiger partial charge in [-0.05, 0) is 29.7 Å². The molecular weight excluding hydrogens is 367 g/mol. The van der Waals surface area contributed by atoms with E-state index in [9.17, 15) is 9.18 Å². The highest BCUT2D eigenvalue weighted by molar-refractivity contribution is 6.31. The standard InChI is InChI=1S/C20H22ClFN4O/c21-18-7-6-15(20-24-10-17(22)11-25-20)9-16(18)12-26(13-27)19(23)8-14-4-2-1-3-5-14/h6-7,9-11,13-14,23H,1-5,8,12H2. The number of carbonyl (C=O) groups excluding carboxylic acids is 1. The Balaban J connectivity index is 1.74. The zero-order valence-electron chi connectivity index (χ0n) is 15.0. The third kappa shape index (κ3) is 5.10. The van der Waals surface area contributed by atoms with Gasteiger partial charge >= 0.3 is 0 Å². The van der Waals surface area contributed by atoms with Gasteiger partial charge in [-0.25, -0.2) is 14.4 Å². The van der Waals surface area contributed by atoms with Gasteiger partial charge in [-0.3, -0.25) is 15.1 Å². The Morgan fingerprint density at radius 1 is 1.26 bits per heavy atom. The van der Waals surface area contributed by atoms with Crippen LogP contribution in [-0.2, 0) is 11.3 Å². The van der Waals surface area contributed by atoms with Gasteiger partial charge in [-0.1, -0.05) is 43.7 Å². The summed E-state index contributed by atoms with van der Waals surface area (Å²) in [7, 11) is 0. The number of hydrogen-bond donors (Lipinski definition) is 1. The van der Waals surface area contributed by atoms with Crippen LogP contribution in [0.15, 0.2) is 30.6 Å². The molecule has 0 aliphatic heterocycles. The molecule has 1 N–H and O–H groups in total. The fourth-order valence-corrected chi connectivity index (χ4v) is 3.64. The highest BCUT2D eigenvalue weighted by atomic mass is 35.5. The van der Waals surface area contributed by atoms with E-state index in [-0.39, 0.29) is 6.54 Å². The van der Waals surface area contributed by atoms with Gasteiger partial charge < -0.3 is 0 Å². The van der Waals surface area contributed by atoms with Crippen molar-refractivity contribution >= 4 is 23.8 Å². The van der Waals surface area contributed by atoms with Crippen LogP contribution in [0.3, 0.4) is 0 Å². The van der Waals surface area contributed by atoms with E-state index < -0.39 is 5.82 Å². The third-order valence-corrected chi connectivity index (χ3v) is 5.31. The molecule has 1 fully saturated rings. The summed E-state index contributed by atoms with van der Waals surface area (Å²) in [4.78, 5) is 20.9. The van der Waals surface area contributed by atoms with Crippen LogP contribution in [0.2, 0.25) is 5.02 Å². The molecule has 0 spiro atoms. The minimum absolute atomic E-state index is 0.211. The quantitative estimate of drug-likeness (QED) is 0.437. The number of amides is 1. The monoisotopic (exact) mass is 388 g/mol. The second-order valence-electron chi connectivity index (χ2n) is 6.92.